The Balaban J connectivity index is 1.53. The molecule has 0 spiro atoms. The number of ether oxygens (including phenoxy) is 3. The summed E-state index contributed by atoms with van der Waals surface area (Å²) < 4.78 is 18.4. The maximum absolute atomic E-state index is 11.4. The summed E-state index contributed by atoms with van der Waals surface area (Å²) in [6.07, 6.45) is 1.36. The van der Waals surface area contributed by atoms with Gasteiger partial charge in [0.25, 0.3) is 0 Å². The number of halogens is 1. The average molecular weight is 591 g/mol. The zero-order valence-corrected chi connectivity index (χ0v) is 23.4. The lowest BCUT2D eigenvalue weighted by molar-refractivity contribution is -0.139. The largest absolute Gasteiger partial charge is 0.492 e. The van der Waals surface area contributed by atoms with Crippen molar-refractivity contribution in [1.29, 1.82) is 0 Å². The van der Waals surface area contributed by atoms with E-state index in [0.717, 1.165) is 77.0 Å². The van der Waals surface area contributed by atoms with Crippen LogP contribution in [0, 0.1) is 0 Å². The number of hydrogen-bond acceptors (Lipinski definition) is 5. The lowest BCUT2D eigenvalue weighted by Gasteiger charge is -2.26. The van der Waals surface area contributed by atoms with E-state index in [9.17, 15) is 9.90 Å². The molecule has 0 saturated carbocycles. The zero-order valence-electron chi connectivity index (χ0n) is 21.8. The molecule has 1 aliphatic heterocycles. The first-order valence-electron chi connectivity index (χ1n) is 13.2. The van der Waals surface area contributed by atoms with Gasteiger partial charge >= 0.3 is 5.97 Å². The van der Waals surface area contributed by atoms with Gasteiger partial charge in [-0.15, -0.1) is 0 Å². The van der Waals surface area contributed by atoms with Gasteiger partial charge in [-0.2, -0.15) is 0 Å². The number of hydrogen-bond donors (Lipinski definition) is 1. The third-order valence-electron chi connectivity index (χ3n) is 6.87. The maximum Gasteiger partial charge on any atom is 0.341 e. The first-order valence-corrected chi connectivity index (χ1v) is 14.0. The van der Waals surface area contributed by atoms with E-state index >= 15 is 0 Å². The first-order chi connectivity index (χ1) is 19.1. The van der Waals surface area contributed by atoms with Crippen molar-refractivity contribution in [2.75, 3.05) is 46.1 Å². The second-order valence-electron chi connectivity index (χ2n) is 9.67. The standard InChI is InChI=1S/C32H32BrNO5/c33-31-28-21-29(38-16-13-34-11-14-37-15-12-34)26(17-23-7-3-1-4-8-23)19-25(28)20-27(32(31)39-22-30(35)36)18-24-9-5-2-6-10-24/h1-10,19-21H,11-18,22H2,(H,35,36). The number of morpholine rings is 1. The molecule has 39 heavy (non-hydrogen) atoms. The zero-order chi connectivity index (χ0) is 27.0. The van der Waals surface area contributed by atoms with E-state index in [0.29, 0.717) is 18.8 Å². The Hall–Kier alpha value is -3.39. The first kappa shape index (κ1) is 27.2. The Labute approximate surface area is 237 Å². The summed E-state index contributed by atoms with van der Waals surface area (Å²) in [5.74, 6) is 0.349. The summed E-state index contributed by atoms with van der Waals surface area (Å²) in [4.78, 5) is 13.7. The number of fused-ring (bicyclic) bond motifs is 1. The number of aliphatic carboxylic acids is 1. The molecule has 7 heteroatoms. The molecule has 4 aromatic rings. The van der Waals surface area contributed by atoms with Crippen molar-refractivity contribution in [2.45, 2.75) is 12.8 Å². The second kappa shape index (κ2) is 13.1. The van der Waals surface area contributed by atoms with Crippen LogP contribution in [0.15, 0.2) is 83.3 Å². The minimum Gasteiger partial charge on any atom is -0.492 e. The van der Waals surface area contributed by atoms with Crippen LogP contribution in [0.3, 0.4) is 0 Å². The third kappa shape index (κ3) is 7.18. The van der Waals surface area contributed by atoms with Crippen molar-refractivity contribution in [3.05, 3.63) is 106 Å². The molecule has 0 unspecified atom stereocenters. The maximum atomic E-state index is 11.4. The normalized spacial score (nSPS) is 13.9. The highest BCUT2D eigenvalue weighted by Crippen LogP contribution is 2.41. The molecule has 1 saturated heterocycles. The highest BCUT2D eigenvalue weighted by Gasteiger charge is 2.18. The lowest BCUT2D eigenvalue weighted by atomic mass is 9.96. The van der Waals surface area contributed by atoms with E-state index in [1.165, 1.54) is 5.56 Å². The summed E-state index contributed by atoms with van der Waals surface area (Å²) in [6, 6.07) is 26.8. The number of benzene rings is 4. The molecule has 0 aromatic heterocycles. The summed E-state index contributed by atoms with van der Waals surface area (Å²) in [7, 11) is 0. The van der Waals surface area contributed by atoms with Gasteiger partial charge in [0.05, 0.1) is 17.7 Å². The third-order valence-corrected chi connectivity index (χ3v) is 7.66. The number of carbonyl (C=O) groups is 1. The van der Waals surface area contributed by atoms with Crippen LogP contribution in [-0.2, 0) is 22.4 Å². The Bertz CT molecular complexity index is 1410. The molecule has 1 fully saturated rings. The topological polar surface area (TPSA) is 68.2 Å². The van der Waals surface area contributed by atoms with Crippen LogP contribution < -0.4 is 9.47 Å². The highest BCUT2D eigenvalue weighted by atomic mass is 79.9. The van der Waals surface area contributed by atoms with Gasteiger partial charge in [-0.3, -0.25) is 4.90 Å². The number of carboxylic acids is 1. The van der Waals surface area contributed by atoms with Gasteiger partial charge in [0.1, 0.15) is 18.1 Å². The fourth-order valence-corrected chi connectivity index (χ4v) is 5.62. The number of nitrogens with zero attached hydrogens (tertiary/aromatic N) is 1. The molecule has 4 aromatic carbocycles. The van der Waals surface area contributed by atoms with E-state index in [-0.39, 0.29) is 0 Å². The lowest BCUT2D eigenvalue weighted by Crippen LogP contribution is -2.38. The van der Waals surface area contributed by atoms with Crippen molar-refractivity contribution in [1.82, 2.24) is 4.90 Å². The predicted octanol–water partition coefficient (Wildman–Crippen LogP) is 5.96. The highest BCUT2D eigenvalue weighted by molar-refractivity contribution is 9.10. The molecule has 5 rings (SSSR count). The molecule has 1 N–H and O–H groups in total. The molecule has 0 atom stereocenters. The van der Waals surface area contributed by atoms with E-state index in [2.05, 4.69) is 75.4 Å². The smallest absolute Gasteiger partial charge is 0.341 e. The van der Waals surface area contributed by atoms with E-state index < -0.39 is 12.6 Å². The second-order valence-corrected chi connectivity index (χ2v) is 10.5. The average Bonchev–Trinajstić information content (AvgIpc) is 2.95. The summed E-state index contributed by atoms with van der Waals surface area (Å²) in [5, 5.41) is 11.3. The van der Waals surface area contributed by atoms with Crippen LogP contribution in [0.5, 0.6) is 11.5 Å². The summed E-state index contributed by atoms with van der Waals surface area (Å²) in [5.41, 5.74) is 4.36. The van der Waals surface area contributed by atoms with Crippen LogP contribution in [0.25, 0.3) is 10.8 Å². The minimum absolute atomic E-state index is 0.416. The number of carboxylic acid groups (broad SMARTS) is 1. The quantitative estimate of drug-likeness (QED) is 0.233. The Morgan fingerprint density at radius 1 is 0.872 bits per heavy atom. The van der Waals surface area contributed by atoms with Crippen molar-refractivity contribution in [3.63, 3.8) is 0 Å². The molecule has 1 heterocycles. The van der Waals surface area contributed by atoms with Crippen molar-refractivity contribution in [3.8, 4) is 11.5 Å². The van der Waals surface area contributed by atoms with Crippen LogP contribution in [0.4, 0.5) is 0 Å². The Morgan fingerprint density at radius 2 is 1.49 bits per heavy atom. The molecular formula is C32H32BrNO5. The van der Waals surface area contributed by atoms with Crippen molar-refractivity contribution >= 4 is 32.7 Å². The Morgan fingerprint density at radius 3 is 2.13 bits per heavy atom. The number of rotatable bonds is 11. The van der Waals surface area contributed by atoms with Crippen molar-refractivity contribution < 1.29 is 24.1 Å². The van der Waals surface area contributed by atoms with E-state index in [4.69, 9.17) is 14.2 Å². The monoisotopic (exact) mass is 589 g/mol. The van der Waals surface area contributed by atoms with Gasteiger partial charge in [-0.05, 0) is 56.2 Å². The van der Waals surface area contributed by atoms with Crippen LogP contribution in [-0.4, -0.2) is 62.0 Å². The Kier molecular flexibility index (Phi) is 9.14. The minimum atomic E-state index is -1.02. The summed E-state index contributed by atoms with van der Waals surface area (Å²) >= 11 is 3.76. The molecule has 0 radical (unpaired) electrons. The van der Waals surface area contributed by atoms with Gasteiger partial charge in [0.2, 0.25) is 0 Å². The summed E-state index contributed by atoms with van der Waals surface area (Å²) in [6.45, 7) is 4.33. The van der Waals surface area contributed by atoms with Crippen LogP contribution in [0.2, 0.25) is 0 Å². The molecule has 0 aliphatic carbocycles. The van der Waals surface area contributed by atoms with Gasteiger partial charge < -0.3 is 19.3 Å². The van der Waals surface area contributed by atoms with Gasteiger partial charge in [-0.1, -0.05) is 60.7 Å². The SMILES string of the molecule is O=C(O)COc1c(Cc2ccccc2)cc2cc(Cc3ccccc3)c(OCCN3CCOCC3)cc2c1Br. The van der Waals surface area contributed by atoms with Crippen LogP contribution in [0.1, 0.15) is 22.3 Å². The van der Waals surface area contributed by atoms with Gasteiger partial charge in [0, 0.05) is 43.4 Å². The van der Waals surface area contributed by atoms with E-state index in [1.54, 1.807) is 0 Å². The van der Waals surface area contributed by atoms with E-state index in [1.807, 2.05) is 24.3 Å². The predicted molar refractivity (Wildman–Crippen MR) is 156 cm³/mol. The van der Waals surface area contributed by atoms with Crippen LogP contribution >= 0.6 is 15.9 Å². The van der Waals surface area contributed by atoms with Crippen molar-refractivity contribution in [2.24, 2.45) is 0 Å². The molecule has 0 amide bonds. The fraction of sp³-hybridized carbons (Fsp3) is 0.281. The molecule has 1 aliphatic rings. The fourth-order valence-electron chi connectivity index (χ4n) is 4.90. The van der Waals surface area contributed by atoms with Gasteiger partial charge in [0.15, 0.2) is 6.61 Å². The molecular weight excluding hydrogens is 558 g/mol. The van der Waals surface area contributed by atoms with Gasteiger partial charge in [-0.25, -0.2) is 4.79 Å². The molecule has 0 bridgehead atoms. The molecule has 6 nitrogen and oxygen atoms in total. The molecule has 202 valence electrons.